The molecule has 1 heterocycles. The summed E-state index contributed by atoms with van der Waals surface area (Å²) in [7, 11) is -3.75. The van der Waals surface area contributed by atoms with Gasteiger partial charge < -0.3 is 0 Å². The summed E-state index contributed by atoms with van der Waals surface area (Å²) in [5.41, 5.74) is 0. The van der Waals surface area contributed by atoms with Gasteiger partial charge in [-0.05, 0) is 18.6 Å². The molecule has 1 amide bonds. The summed E-state index contributed by atoms with van der Waals surface area (Å²) >= 11 is 0. The minimum absolute atomic E-state index is 0.104. The molecule has 0 saturated carbocycles. The molecule has 0 spiro atoms. The van der Waals surface area contributed by atoms with Gasteiger partial charge >= 0.3 is 0 Å². The topological polar surface area (TPSA) is 117 Å². The first-order valence-electron chi connectivity index (χ1n) is 6.81. The molecule has 8 nitrogen and oxygen atoms in total. The Morgan fingerprint density at radius 2 is 2.00 bits per heavy atom. The highest BCUT2D eigenvalue weighted by molar-refractivity contribution is 7.92. The Hall–Kier alpha value is -2.42. The number of rotatable bonds is 7. The third kappa shape index (κ3) is 4.29. The zero-order valence-electron chi connectivity index (χ0n) is 12.0. The number of benzene rings is 1. The van der Waals surface area contributed by atoms with Gasteiger partial charge in [0.15, 0.2) is 0 Å². The Morgan fingerprint density at radius 1 is 1.27 bits per heavy atom. The van der Waals surface area contributed by atoms with Crippen molar-refractivity contribution >= 4 is 27.8 Å². The zero-order chi connectivity index (χ0) is 16.0. The molecule has 0 bridgehead atoms. The van der Waals surface area contributed by atoms with E-state index in [0.717, 1.165) is 12.8 Å². The molecule has 0 unspecified atom stereocenters. The summed E-state index contributed by atoms with van der Waals surface area (Å²) in [5, 5.41) is 8.71. The Balaban J connectivity index is 2.02. The fraction of sp³-hybridized carbons (Fsp3) is 0.308. The van der Waals surface area contributed by atoms with Crippen LogP contribution in [0.5, 0.6) is 0 Å². The van der Waals surface area contributed by atoms with Crippen molar-refractivity contribution in [3.63, 3.8) is 0 Å². The number of aromatic nitrogens is 3. The fourth-order valence-electron chi connectivity index (χ4n) is 1.67. The Morgan fingerprint density at radius 3 is 2.68 bits per heavy atom. The Kier molecular flexibility index (Phi) is 5.10. The molecule has 1 aromatic carbocycles. The van der Waals surface area contributed by atoms with E-state index in [9.17, 15) is 13.2 Å². The quantitative estimate of drug-likeness (QED) is 0.717. The molecule has 22 heavy (non-hydrogen) atoms. The van der Waals surface area contributed by atoms with Crippen LogP contribution >= 0.6 is 0 Å². The van der Waals surface area contributed by atoms with Crippen molar-refractivity contribution in [2.24, 2.45) is 0 Å². The molecule has 0 saturated heterocycles. The largest absolute Gasteiger partial charge is 0.295 e. The van der Waals surface area contributed by atoms with Gasteiger partial charge in [0.1, 0.15) is 0 Å². The predicted molar refractivity (Wildman–Crippen MR) is 81.8 cm³/mol. The molecule has 0 aliphatic heterocycles. The summed E-state index contributed by atoms with van der Waals surface area (Å²) < 4.78 is 26.4. The second-order valence-corrected chi connectivity index (χ2v) is 6.26. The number of anilines is 2. The highest BCUT2D eigenvalue weighted by Gasteiger charge is 2.16. The van der Waals surface area contributed by atoms with Crippen LogP contribution in [0.4, 0.5) is 11.9 Å². The van der Waals surface area contributed by atoms with E-state index in [1.807, 2.05) is 6.92 Å². The SMILES string of the molecule is CCCCC(=O)Nc1nc(NS(=O)(=O)c2ccccc2)n[nH]1. The minimum Gasteiger partial charge on any atom is -0.295 e. The normalized spacial score (nSPS) is 11.1. The molecule has 0 fully saturated rings. The first kappa shape index (κ1) is 16.0. The van der Waals surface area contributed by atoms with Crippen molar-refractivity contribution in [1.82, 2.24) is 15.2 Å². The van der Waals surface area contributed by atoms with E-state index < -0.39 is 10.0 Å². The molecule has 0 radical (unpaired) electrons. The van der Waals surface area contributed by atoms with Crippen LogP contribution in [0.15, 0.2) is 35.2 Å². The number of hydrogen-bond acceptors (Lipinski definition) is 5. The summed E-state index contributed by atoms with van der Waals surface area (Å²) in [6.07, 6.45) is 2.06. The Labute approximate surface area is 128 Å². The average Bonchev–Trinajstić information content (AvgIpc) is 2.92. The number of hydrogen-bond donors (Lipinski definition) is 3. The van der Waals surface area contributed by atoms with Crippen molar-refractivity contribution in [2.45, 2.75) is 31.1 Å². The van der Waals surface area contributed by atoms with E-state index in [1.54, 1.807) is 18.2 Å². The zero-order valence-corrected chi connectivity index (χ0v) is 12.9. The number of H-pyrrole nitrogens is 1. The number of amides is 1. The van der Waals surface area contributed by atoms with Crippen molar-refractivity contribution in [1.29, 1.82) is 0 Å². The molecule has 118 valence electrons. The first-order valence-corrected chi connectivity index (χ1v) is 8.29. The molecule has 2 rings (SSSR count). The summed E-state index contributed by atoms with van der Waals surface area (Å²) in [6.45, 7) is 1.98. The van der Waals surface area contributed by atoms with Gasteiger partial charge in [0.2, 0.25) is 11.9 Å². The molecule has 0 aliphatic carbocycles. The van der Waals surface area contributed by atoms with Gasteiger partial charge in [-0.2, -0.15) is 4.98 Å². The van der Waals surface area contributed by atoms with Crippen molar-refractivity contribution < 1.29 is 13.2 Å². The lowest BCUT2D eigenvalue weighted by atomic mass is 10.2. The van der Waals surface area contributed by atoms with Gasteiger partial charge in [-0.15, -0.1) is 5.10 Å². The van der Waals surface area contributed by atoms with Crippen molar-refractivity contribution in [3.8, 4) is 0 Å². The molecule has 0 aliphatic rings. The maximum Gasteiger partial charge on any atom is 0.264 e. The van der Waals surface area contributed by atoms with Gasteiger partial charge in [0.25, 0.3) is 16.0 Å². The van der Waals surface area contributed by atoms with Crippen LogP contribution in [0.3, 0.4) is 0 Å². The van der Waals surface area contributed by atoms with Crippen molar-refractivity contribution in [3.05, 3.63) is 30.3 Å². The van der Waals surface area contributed by atoms with Gasteiger partial charge in [-0.25, -0.2) is 18.2 Å². The monoisotopic (exact) mass is 323 g/mol. The number of unbranched alkanes of at least 4 members (excludes halogenated alkanes) is 1. The number of carbonyl (C=O) groups excluding carboxylic acids is 1. The second kappa shape index (κ2) is 7.03. The van der Waals surface area contributed by atoms with Crippen LogP contribution in [0.25, 0.3) is 0 Å². The van der Waals surface area contributed by atoms with E-state index in [-0.39, 0.29) is 22.7 Å². The lowest BCUT2D eigenvalue weighted by Crippen LogP contribution is -2.14. The molecule has 3 N–H and O–H groups in total. The van der Waals surface area contributed by atoms with Gasteiger partial charge in [0.05, 0.1) is 4.90 Å². The lowest BCUT2D eigenvalue weighted by molar-refractivity contribution is -0.116. The molecular formula is C13H17N5O3S. The summed E-state index contributed by atoms with van der Waals surface area (Å²) in [5.74, 6) is -0.225. The highest BCUT2D eigenvalue weighted by Crippen LogP contribution is 2.13. The van der Waals surface area contributed by atoms with Crippen LogP contribution in [-0.4, -0.2) is 29.5 Å². The number of nitrogens with zero attached hydrogens (tertiary/aromatic N) is 2. The lowest BCUT2D eigenvalue weighted by Gasteiger charge is -2.03. The molecular weight excluding hydrogens is 306 g/mol. The van der Waals surface area contributed by atoms with Crippen LogP contribution in [0.1, 0.15) is 26.2 Å². The summed E-state index contributed by atoms with van der Waals surface area (Å²) in [6, 6.07) is 7.87. The number of sulfonamides is 1. The molecule has 0 atom stereocenters. The maximum absolute atomic E-state index is 12.1. The third-order valence-electron chi connectivity index (χ3n) is 2.78. The van der Waals surface area contributed by atoms with E-state index in [4.69, 9.17) is 0 Å². The third-order valence-corrected chi connectivity index (χ3v) is 4.12. The summed E-state index contributed by atoms with van der Waals surface area (Å²) in [4.78, 5) is 15.5. The van der Waals surface area contributed by atoms with Gasteiger partial charge in [0, 0.05) is 6.42 Å². The van der Waals surface area contributed by atoms with E-state index in [1.165, 1.54) is 12.1 Å². The van der Waals surface area contributed by atoms with E-state index >= 15 is 0 Å². The number of aromatic amines is 1. The minimum atomic E-state index is -3.75. The van der Waals surface area contributed by atoms with E-state index in [2.05, 4.69) is 25.2 Å². The van der Waals surface area contributed by atoms with Crippen LogP contribution < -0.4 is 10.0 Å². The highest BCUT2D eigenvalue weighted by atomic mass is 32.2. The molecule has 1 aromatic heterocycles. The van der Waals surface area contributed by atoms with Gasteiger partial charge in [-0.3, -0.25) is 10.1 Å². The maximum atomic E-state index is 12.1. The standard InChI is InChI=1S/C13H17N5O3S/c1-2-3-9-11(19)14-12-15-13(17-16-12)18-22(20,21)10-7-5-4-6-8-10/h4-8H,2-3,9H2,1H3,(H3,14,15,16,17,18,19). The Bertz CT molecular complexity index is 727. The first-order chi connectivity index (χ1) is 10.5. The van der Waals surface area contributed by atoms with Crippen LogP contribution in [-0.2, 0) is 14.8 Å². The molecule has 2 aromatic rings. The smallest absolute Gasteiger partial charge is 0.264 e. The van der Waals surface area contributed by atoms with Crippen LogP contribution in [0.2, 0.25) is 0 Å². The van der Waals surface area contributed by atoms with Crippen LogP contribution in [0, 0.1) is 0 Å². The second-order valence-electron chi connectivity index (χ2n) is 4.58. The predicted octanol–water partition coefficient (Wildman–Crippen LogP) is 1.73. The van der Waals surface area contributed by atoms with Crippen molar-refractivity contribution in [2.75, 3.05) is 10.0 Å². The molecule has 9 heteroatoms. The number of nitrogens with one attached hydrogen (secondary N) is 3. The number of carbonyl (C=O) groups is 1. The van der Waals surface area contributed by atoms with E-state index in [0.29, 0.717) is 6.42 Å². The van der Waals surface area contributed by atoms with Gasteiger partial charge in [-0.1, -0.05) is 31.5 Å². The average molecular weight is 323 g/mol. The fourth-order valence-corrected chi connectivity index (χ4v) is 2.64.